The predicted octanol–water partition coefficient (Wildman–Crippen LogP) is 4.58. The van der Waals surface area contributed by atoms with Crippen molar-refractivity contribution in [3.05, 3.63) is 64.3 Å². The smallest absolute Gasteiger partial charge is 0.316 e. The van der Waals surface area contributed by atoms with E-state index in [0.29, 0.717) is 22.8 Å². The van der Waals surface area contributed by atoms with Crippen LogP contribution in [0.25, 0.3) is 0 Å². The molecule has 0 saturated heterocycles. The average Bonchev–Trinajstić information content (AvgIpc) is 2.90. The molecule has 156 valence electrons. The lowest BCUT2D eigenvalue weighted by Gasteiger charge is -2.32. The second-order valence-electron chi connectivity index (χ2n) is 7.58. The summed E-state index contributed by atoms with van der Waals surface area (Å²) in [5, 5.41) is 7.34. The zero-order chi connectivity index (χ0) is 21.4. The lowest BCUT2D eigenvalue weighted by Crippen LogP contribution is -2.39. The lowest BCUT2D eigenvalue weighted by molar-refractivity contribution is -0.151. The highest BCUT2D eigenvalue weighted by atomic mass is 35.5. The number of ketones is 1. The van der Waals surface area contributed by atoms with Crippen molar-refractivity contribution in [2.45, 2.75) is 19.4 Å². The van der Waals surface area contributed by atoms with E-state index < -0.39 is 17.9 Å². The minimum absolute atomic E-state index is 0.179. The number of rotatable bonds is 3. The molecule has 0 fully saturated rings. The fourth-order valence-electron chi connectivity index (χ4n) is 4.25. The van der Waals surface area contributed by atoms with Crippen LogP contribution in [0.2, 0.25) is 5.02 Å². The number of esters is 1. The highest BCUT2D eigenvalue weighted by Crippen LogP contribution is 2.44. The van der Waals surface area contributed by atoms with Crippen molar-refractivity contribution in [2.24, 2.45) is 11.8 Å². The molecule has 4 rings (SSSR count). The maximum absolute atomic E-state index is 13.6. The van der Waals surface area contributed by atoms with Crippen LogP contribution in [0.1, 0.15) is 24.9 Å². The van der Waals surface area contributed by atoms with Crippen LogP contribution in [0.4, 0.5) is 11.4 Å². The molecule has 0 radical (unpaired) electrons. The van der Waals surface area contributed by atoms with Crippen LogP contribution in [0.3, 0.4) is 0 Å². The molecule has 1 heterocycles. The molecule has 30 heavy (non-hydrogen) atoms. The van der Waals surface area contributed by atoms with Gasteiger partial charge in [-0.2, -0.15) is 0 Å². The Morgan fingerprint density at radius 1 is 1.13 bits per heavy atom. The number of benzene rings is 2. The van der Waals surface area contributed by atoms with Crippen molar-refractivity contribution in [3.8, 4) is 5.75 Å². The average molecular weight is 427 g/mol. The summed E-state index contributed by atoms with van der Waals surface area (Å²) < 4.78 is 10.2. The number of hydrogen-bond acceptors (Lipinski definition) is 6. The third-order valence-corrected chi connectivity index (χ3v) is 6.03. The molecule has 7 heteroatoms. The number of ether oxygens (including phenoxy) is 2. The highest BCUT2D eigenvalue weighted by molar-refractivity contribution is 6.32. The zero-order valence-electron chi connectivity index (χ0n) is 17.0. The Labute approximate surface area is 180 Å². The number of para-hydroxylation sites is 2. The molecule has 2 N–H and O–H groups in total. The quantitative estimate of drug-likeness (QED) is 0.552. The van der Waals surface area contributed by atoms with E-state index in [0.717, 1.165) is 22.6 Å². The number of nitrogens with one attached hydrogen (secondary N) is 2. The molecule has 3 atom stereocenters. The predicted molar refractivity (Wildman–Crippen MR) is 116 cm³/mol. The number of carbonyl (C=O) groups excluding carboxylic acids is 2. The first-order chi connectivity index (χ1) is 14.4. The van der Waals surface area contributed by atoms with Gasteiger partial charge < -0.3 is 20.1 Å². The van der Waals surface area contributed by atoms with Crippen LogP contribution >= 0.6 is 11.6 Å². The first-order valence-corrected chi connectivity index (χ1v) is 10.1. The Hall–Kier alpha value is -2.99. The van der Waals surface area contributed by atoms with Gasteiger partial charge in [-0.05, 0) is 42.2 Å². The van der Waals surface area contributed by atoms with Gasteiger partial charge in [0.1, 0.15) is 11.7 Å². The molecule has 0 aromatic heterocycles. The SMILES string of the molecule is COC(=O)[C@@H]1C(=O)C2=C(C[C@@H]1C)Nc1ccccc1N[C@@H]2c1ccc(OC)c(Cl)c1. The van der Waals surface area contributed by atoms with Gasteiger partial charge >= 0.3 is 5.97 Å². The van der Waals surface area contributed by atoms with Gasteiger partial charge in [0.15, 0.2) is 5.78 Å². The standard InChI is InChI=1S/C23H23ClN2O4/c1-12-10-17-20(22(27)19(12)23(28)30-3)21(13-8-9-18(29-2)14(24)11-13)26-16-7-5-4-6-15(16)25-17/h4-9,11-12,19,21,25-26H,10H2,1-3H3/t12-,19-,21+/m0/s1. The number of Topliss-reactive ketones (excluding diaryl/α,β-unsaturated/α-hetero) is 1. The molecule has 1 aliphatic heterocycles. The minimum Gasteiger partial charge on any atom is -0.495 e. The largest absolute Gasteiger partial charge is 0.495 e. The van der Waals surface area contributed by atoms with E-state index in [2.05, 4.69) is 10.6 Å². The summed E-state index contributed by atoms with van der Waals surface area (Å²) in [6.07, 6.45) is 0.553. The van der Waals surface area contributed by atoms with E-state index in [4.69, 9.17) is 21.1 Å². The normalized spacial score (nSPS) is 22.8. The number of carbonyl (C=O) groups is 2. The van der Waals surface area contributed by atoms with Crippen LogP contribution < -0.4 is 15.4 Å². The number of halogens is 1. The van der Waals surface area contributed by atoms with E-state index >= 15 is 0 Å². The monoisotopic (exact) mass is 426 g/mol. The number of fused-ring (bicyclic) bond motifs is 1. The molecule has 0 amide bonds. The Morgan fingerprint density at radius 2 is 1.87 bits per heavy atom. The number of hydrogen-bond donors (Lipinski definition) is 2. The first kappa shape index (κ1) is 20.3. The molecule has 2 aliphatic rings. The summed E-state index contributed by atoms with van der Waals surface area (Å²) in [4.78, 5) is 26.0. The number of allylic oxidation sites excluding steroid dienone is 1. The highest BCUT2D eigenvalue weighted by Gasteiger charge is 2.44. The summed E-state index contributed by atoms with van der Waals surface area (Å²) in [7, 11) is 2.87. The van der Waals surface area contributed by atoms with Crippen LogP contribution in [0.15, 0.2) is 53.7 Å². The van der Waals surface area contributed by atoms with Crippen LogP contribution in [0.5, 0.6) is 5.75 Å². The Balaban J connectivity index is 1.87. The molecule has 0 spiro atoms. The molecule has 2 aromatic rings. The second-order valence-corrected chi connectivity index (χ2v) is 7.99. The zero-order valence-corrected chi connectivity index (χ0v) is 17.7. The first-order valence-electron chi connectivity index (χ1n) is 9.75. The van der Waals surface area contributed by atoms with Crippen molar-refractivity contribution in [3.63, 3.8) is 0 Å². The van der Waals surface area contributed by atoms with Crippen molar-refractivity contribution in [1.29, 1.82) is 0 Å². The van der Waals surface area contributed by atoms with E-state index in [-0.39, 0.29) is 11.7 Å². The van der Waals surface area contributed by atoms with E-state index in [1.165, 1.54) is 7.11 Å². The van der Waals surface area contributed by atoms with Gasteiger partial charge in [-0.3, -0.25) is 9.59 Å². The van der Waals surface area contributed by atoms with Gasteiger partial charge in [-0.1, -0.05) is 36.7 Å². The van der Waals surface area contributed by atoms with Crippen molar-refractivity contribution >= 4 is 34.7 Å². The second kappa shape index (κ2) is 8.03. The van der Waals surface area contributed by atoms with Gasteiger partial charge in [0.2, 0.25) is 0 Å². The van der Waals surface area contributed by atoms with Gasteiger partial charge in [-0.15, -0.1) is 0 Å². The van der Waals surface area contributed by atoms with Crippen LogP contribution in [-0.2, 0) is 14.3 Å². The molecule has 6 nitrogen and oxygen atoms in total. The summed E-state index contributed by atoms with van der Waals surface area (Å²) >= 11 is 6.38. The molecule has 0 bridgehead atoms. The molecule has 2 aromatic carbocycles. The fourth-order valence-corrected chi connectivity index (χ4v) is 4.51. The van der Waals surface area contributed by atoms with E-state index in [9.17, 15) is 9.59 Å². The van der Waals surface area contributed by atoms with Gasteiger partial charge in [-0.25, -0.2) is 0 Å². The fraction of sp³-hybridized carbons (Fsp3) is 0.304. The molecule has 0 saturated carbocycles. The molecule has 1 aliphatic carbocycles. The third kappa shape index (κ3) is 3.41. The Bertz CT molecular complexity index is 1050. The van der Waals surface area contributed by atoms with Crippen LogP contribution in [-0.4, -0.2) is 26.0 Å². The summed E-state index contributed by atoms with van der Waals surface area (Å²) in [5.41, 5.74) is 3.88. The van der Waals surface area contributed by atoms with Crippen molar-refractivity contribution < 1.29 is 19.1 Å². The van der Waals surface area contributed by atoms with Gasteiger partial charge in [0.25, 0.3) is 0 Å². The number of methoxy groups -OCH3 is 2. The van der Waals surface area contributed by atoms with Crippen molar-refractivity contribution in [2.75, 3.05) is 24.9 Å². The van der Waals surface area contributed by atoms with Gasteiger partial charge in [0, 0.05) is 11.3 Å². The third-order valence-electron chi connectivity index (χ3n) is 5.73. The van der Waals surface area contributed by atoms with E-state index in [1.807, 2.05) is 37.3 Å². The topological polar surface area (TPSA) is 76.7 Å². The minimum atomic E-state index is -0.838. The molecular weight excluding hydrogens is 404 g/mol. The lowest BCUT2D eigenvalue weighted by atomic mass is 9.75. The molecular formula is C23H23ClN2O4. The maximum atomic E-state index is 13.6. The van der Waals surface area contributed by atoms with Crippen molar-refractivity contribution in [1.82, 2.24) is 0 Å². The maximum Gasteiger partial charge on any atom is 0.316 e. The van der Waals surface area contributed by atoms with Crippen LogP contribution in [0, 0.1) is 11.8 Å². The summed E-state index contributed by atoms with van der Waals surface area (Å²) in [5.74, 6) is -1.21. The summed E-state index contributed by atoms with van der Waals surface area (Å²) in [6, 6.07) is 12.7. The number of anilines is 2. The van der Waals surface area contributed by atoms with Gasteiger partial charge in [0.05, 0.1) is 36.7 Å². The summed E-state index contributed by atoms with van der Waals surface area (Å²) in [6.45, 7) is 1.90. The molecule has 0 unspecified atom stereocenters. The Morgan fingerprint density at radius 3 is 2.53 bits per heavy atom. The van der Waals surface area contributed by atoms with E-state index in [1.54, 1.807) is 19.2 Å². The Kier molecular flexibility index (Phi) is 5.43.